The average Bonchev–Trinajstić information content (AvgIpc) is 2.53. The number of hydrogen-bond acceptors (Lipinski definition) is 6. The lowest BCUT2D eigenvalue weighted by molar-refractivity contribution is 0.414. The highest BCUT2D eigenvalue weighted by Crippen LogP contribution is 2.14. The summed E-state index contributed by atoms with van der Waals surface area (Å²) in [4.78, 5) is 8.12. The molecule has 2 N–H and O–H groups in total. The van der Waals surface area contributed by atoms with Crippen molar-refractivity contribution >= 4 is 15.8 Å². The van der Waals surface area contributed by atoms with Crippen LogP contribution in [-0.4, -0.2) is 38.6 Å². The number of benzene rings is 1. The van der Waals surface area contributed by atoms with Gasteiger partial charge in [-0.2, -0.15) is 0 Å². The fourth-order valence-corrected chi connectivity index (χ4v) is 2.64. The predicted octanol–water partition coefficient (Wildman–Crippen LogP) is 0.876. The zero-order valence-corrected chi connectivity index (χ0v) is 12.3. The van der Waals surface area contributed by atoms with E-state index in [1.165, 1.54) is 19.2 Å². The summed E-state index contributed by atoms with van der Waals surface area (Å²) in [5, 5.41) is 2.97. The van der Waals surface area contributed by atoms with Crippen molar-refractivity contribution in [3.05, 3.63) is 42.9 Å². The van der Waals surface area contributed by atoms with Gasteiger partial charge in [-0.05, 0) is 24.3 Å². The van der Waals surface area contributed by atoms with Crippen molar-refractivity contribution < 1.29 is 13.2 Å². The van der Waals surface area contributed by atoms with E-state index in [-0.39, 0.29) is 11.4 Å². The minimum absolute atomic E-state index is 0.197. The van der Waals surface area contributed by atoms with Crippen LogP contribution in [0.15, 0.2) is 47.8 Å². The number of ether oxygens (including phenoxy) is 1. The van der Waals surface area contributed by atoms with Crippen LogP contribution in [0.5, 0.6) is 5.75 Å². The Labute approximate surface area is 123 Å². The number of methoxy groups -OCH3 is 1. The maximum atomic E-state index is 12.0. The highest BCUT2D eigenvalue weighted by Gasteiger charge is 2.12. The summed E-state index contributed by atoms with van der Waals surface area (Å²) in [6, 6.07) is 6.20. The molecule has 2 rings (SSSR count). The molecular weight excluding hydrogens is 292 g/mol. The van der Waals surface area contributed by atoms with Gasteiger partial charge in [-0.1, -0.05) is 0 Å². The lowest BCUT2D eigenvalue weighted by Gasteiger charge is -2.08. The molecule has 0 unspecified atom stereocenters. The second-order valence-corrected chi connectivity index (χ2v) is 5.86. The van der Waals surface area contributed by atoms with Crippen LogP contribution in [0, 0.1) is 0 Å². The fourth-order valence-electron chi connectivity index (χ4n) is 1.60. The third-order valence-corrected chi connectivity index (χ3v) is 4.13. The molecule has 1 heterocycles. The number of hydrogen-bond donors (Lipinski definition) is 2. The fraction of sp³-hybridized carbons (Fsp3) is 0.231. The number of nitrogens with one attached hydrogen (secondary N) is 2. The topological polar surface area (TPSA) is 93.2 Å². The van der Waals surface area contributed by atoms with Gasteiger partial charge >= 0.3 is 0 Å². The van der Waals surface area contributed by atoms with Gasteiger partial charge in [0.2, 0.25) is 10.0 Å². The predicted molar refractivity (Wildman–Crippen MR) is 78.7 cm³/mol. The molecule has 0 radical (unpaired) electrons. The Kier molecular flexibility index (Phi) is 5.07. The number of sulfonamides is 1. The van der Waals surface area contributed by atoms with Crippen molar-refractivity contribution in [2.75, 3.05) is 25.5 Å². The van der Waals surface area contributed by atoms with Gasteiger partial charge in [0.1, 0.15) is 11.6 Å². The molecule has 0 fully saturated rings. The molecule has 1 aromatic carbocycles. The van der Waals surface area contributed by atoms with Crippen LogP contribution in [0.3, 0.4) is 0 Å². The molecule has 112 valence electrons. The molecule has 0 aliphatic heterocycles. The maximum absolute atomic E-state index is 12.0. The average molecular weight is 308 g/mol. The van der Waals surface area contributed by atoms with E-state index in [0.717, 1.165) is 0 Å². The molecule has 0 spiro atoms. The minimum atomic E-state index is -3.52. The molecule has 0 saturated heterocycles. The largest absolute Gasteiger partial charge is 0.497 e. The first-order valence-electron chi connectivity index (χ1n) is 6.25. The first-order valence-corrected chi connectivity index (χ1v) is 7.74. The van der Waals surface area contributed by atoms with Crippen LogP contribution in [-0.2, 0) is 10.0 Å². The molecule has 2 aromatic rings. The normalized spacial score (nSPS) is 11.1. The third-order valence-electron chi connectivity index (χ3n) is 2.66. The third kappa shape index (κ3) is 4.40. The van der Waals surface area contributed by atoms with Crippen molar-refractivity contribution in [3.8, 4) is 5.75 Å². The molecule has 1 aromatic heterocycles. The summed E-state index contributed by atoms with van der Waals surface area (Å²) in [5.41, 5.74) is 0. The number of anilines is 1. The SMILES string of the molecule is COc1ccc(S(=O)(=O)NCCNc2cnccn2)cc1. The smallest absolute Gasteiger partial charge is 0.240 e. The summed E-state index contributed by atoms with van der Waals surface area (Å²) in [5.74, 6) is 1.21. The van der Waals surface area contributed by atoms with Crippen molar-refractivity contribution in [2.24, 2.45) is 0 Å². The van der Waals surface area contributed by atoms with Crippen LogP contribution in [0.25, 0.3) is 0 Å². The molecule has 0 atom stereocenters. The highest BCUT2D eigenvalue weighted by molar-refractivity contribution is 7.89. The summed E-state index contributed by atoms with van der Waals surface area (Å²) >= 11 is 0. The van der Waals surface area contributed by atoms with Crippen molar-refractivity contribution in [2.45, 2.75) is 4.90 Å². The summed E-state index contributed by atoms with van der Waals surface area (Å²) in [6.07, 6.45) is 4.69. The summed E-state index contributed by atoms with van der Waals surface area (Å²) in [7, 11) is -1.99. The first kappa shape index (κ1) is 15.2. The van der Waals surface area contributed by atoms with E-state index in [1.54, 1.807) is 30.7 Å². The minimum Gasteiger partial charge on any atom is -0.497 e. The van der Waals surface area contributed by atoms with Gasteiger partial charge < -0.3 is 10.1 Å². The molecule has 0 bridgehead atoms. The van der Waals surface area contributed by atoms with Crippen molar-refractivity contribution in [3.63, 3.8) is 0 Å². The zero-order valence-electron chi connectivity index (χ0n) is 11.5. The summed E-state index contributed by atoms with van der Waals surface area (Å²) < 4.78 is 31.6. The van der Waals surface area contributed by atoms with Gasteiger partial charge in [0.15, 0.2) is 0 Å². The molecule has 7 nitrogen and oxygen atoms in total. The van der Waals surface area contributed by atoms with E-state index < -0.39 is 10.0 Å². The van der Waals surface area contributed by atoms with E-state index in [0.29, 0.717) is 18.1 Å². The van der Waals surface area contributed by atoms with Crippen molar-refractivity contribution in [1.29, 1.82) is 0 Å². The van der Waals surface area contributed by atoms with Crippen LogP contribution in [0.2, 0.25) is 0 Å². The molecular formula is C13H16N4O3S. The van der Waals surface area contributed by atoms with E-state index >= 15 is 0 Å². The second kappa shape index (κ2) is 7.00. The Hall–Kier alpha value is -2.19. The Bertz CT molecular complexity index is 660. The Morgan fingerprint density at radius 1 is 1.14 bits per heavy atom. The van der Waals surface area contributed by atoms with E-state index in [4.69, 9.17) is 4.74 Å². The number of rotatable bonds is 7. The van der Waals surface area contributed by atoms with E-state index in [2.05, 4.69) is 20.0 Å². The quantitative estimate of drug-likeness (QED) is 0.737. The van der Waals surface area contributed by atoms with Gasteiger partial charge in [-0.3, -0.25) is 4.98 Å². The highest BCUT2D eigenvalue weighted by atomic mass is 32.2. The van der Waals surface area contributed by atoms with Crippen LogP contribution in [0.4, 0.5) is 5.82 Å². The molecule has 21 heavy (non-hydrogen) atoms. The maximum Gasteiger partial charge on any atom is 0.240 e. The van der Waals surface area contributed by atoms with E-state index in [9.17, 15) is 8.42 Å². The first-order chi connectivity index (χ1) is 10.1. The van der Waals surface area contributed by atoms with Gasteiger partial charge in [0.05, 0.1) is 18.2 Å². The Morgan fingerprint density at radius 2 is 1.90 bits per heavy atom. The number of nitrogens with zero attached hydrogens (tertiary/aromatic N) is 2. The molecule has 0 amide bonds. The second-order valence-electron chi connectivity index (χ2n) is 4.09. The van der Waals surface area contributed by atoms with Gasteiger partial charge in [-0.15, -0.1) is 0 Å². The molecule has 0 aliphatic carbocycles. The van der Waals surface area contributed by atoms with Crippen LogP contribution < -0.4 is 14.8 Å². The van der Waals surface area contributed by atoms with Crippen molar-refractivity contribution in [1.82, 2.24) is 14.7 Å². The molecule has 0 saturated carbocycles. The van der Waals surface area contributed by atoms with Crippen LogP contribution in [0.1, 0.15) is 0 Å². The lowest BCUT2D eigenvalue weighted by atomic mass is 10.3. The molecule has 0 aliphatic rings. The molecule has 8 heteroatoms. The van der Waals surface area contributed by atoms with Gasteiger partial charge in [-0.25, -0.2) is 18.1 Å². The monoisotopic (exact) mass is 308 g/mol. The standard InChI is InChI=1S/C13H16N4O3S/c1-20-11-2-4-12(5-3-11)21(18,19)17-9-8-16-13-10-14-6-7-15-13/h2-7,10,17H,8-9H2,1H3,(H,15,16). The Morgan fingerprint density at radius 3 is 2.52 bits per heavy atom. The van der Waals surface area contributed by atoms with Gasteiger partial charge in [0.25, 0.3) is 0 Å². The van der Waals surface area contributed by atoms with Gasteiger partial charge in [0, 0.05) is 25.5 Å². The summed E-state index contributed by atoms with van der Waals surface area (Å²) in [6.45, 7) is 0.652. The zero-order chi connectivity index (χ0) is 15.1. The lowest BCUT2D eigenvalue weighted by Crippen LogP contribution is -2.29. The van der Waals surface area contributed by atoms with Crippen LogP contribution >= 0.6 is 0 Å². The van der Waals surface area contributed by atoms with E-state index in [1.807, 2.05) is 0 Å². The Balaban J connectivity index is 1.86. The number of aromatic nitrogens is 2.